The number of halogens is 3. The van der Waals surface area contributed by atoms with Gasteiger partial charge in [-0.15, -0.1) is 0 Å². The Balaban J connectivity index is 2.16. The van der Waals surface area contributed by atoms with Gasteiger partial charge in [-0.25, -0.2) is 9.97 Å². The summed E-state index contributed by atoms with van der Waals surface area (Å²) in [4.78, 5) is 7.98. The van der Waals surface area contributed by atoms with Crippen LogP contribution in [-0.2, 0) is 12.6 Å². The van der Waals surface area contributed by atoms with Gasteiger partial charge in [0.2, 0.25) is 0 Å². The summed E-state index contributed by atoms with van der Waals surface area (Å²) in [6.45, 7) is 0. The fraction of sp³-hybridized carbons (Fsp3) is 0.231. The summed E-state index contributed by atoms with van der Waals surface area (Å²) in [5.74, 6) is 0.417. The Morgan fingerprint density at radius 2 is 1.79 bits per heavy atom. The molecular weight excluding hydrogens is 255 g/mol. The molecule has 19 heavy (non-hydrogen) atoms. The van der Waals surface area contributed by atoms with E-state index in [2.05, 4.69) is 9.97 Å². The van der Waals surface area contributed by atoms with Crippen molar-refractivity contribution in [2.45, 2.75) is 18.6 Å². The Hall–Kier alpha value is -1.95. The highest BCUT2D eigenvalue weighted by Crippen LogP contribution is 2.30. The van der Waals surface area contributed by atoms with Crippen molar-refractivity contribution in [3.63, 3.8) is 0 Å². The molecule has 0 aliphatic carbocycles. The molecule has 6 heteroatoms. The van der Waals surface area contributed by atoms with E-state index >= 15 is 0 Å². The molecule has 0 radical (unpaired) electrons. The second-order valence-corrected chi connectivity index (χ2v) is 4.12. The Bertz CT molecular complexity index is 540. The Labute approximate surface area is 108 Å². The number of aromatic nitrogens is 2. The maximum atomic E-state index is 12.6. The van der Waals surface area contributed by atoms with E-state index in [1.807, 2.05) is 0 Å². The summed E-state index contributed by atoms with van der Waals surface area (Å²) in [6.07, 6.45) is -0.986. The molecule has 0 amide bonds. The van der Waals surface area contributed by atoms with Crippen LogP contribution < -0.4 is 5.73 Å². The normalized spacial score (nSPS) is 13.3. The van der Waals surface area contributed by atoms with Gasteiger partial charge in [-0.05, 0) is 24.1 Å². The zero-order valence-corrected chi connectivity index (χ0v) is 9.93. The number of rotatable bonds is 3. The summed E-state index contributed by atoms with van der Waals surface area (Å²) in [5, 5.41) is 0. The molecule has 2 rings (SSSR count). The third kappa shape index (κ3) is 3.51. The van der Waals surface area contributed by atoms with Crippen molar-refractivity contribution in [2.75, 3.05) is 0 Å². The molecule has 1 heterocycles. The van der Waals surface area contributed by atoms with Gasteiger partial charge in [0.25, 0.3) is 0 Å². The molecule has 0 saturated heterocycles. The average molecular weight is 267 g/mol. The van der Waals surface area contributed by atoms with Crippen LogP contribution in [0.5, 0.6) is 0 Å². The number of benzene rings is 1. The molecule has 0 fully saturated rings. The predicted molar refractivity (Wildman–Crippen MR) is 64.1 cm³/mol. The summed E-state index contributed by atoms with van der Waals surface area (Å²) in [7, 11) is 0. The molecule has 100 valence electrons. The minimum atomic E-state index is -4.34. The van der Waals surface area contributed by atoms with Crippen LogP contribution in [0.15, 0.2) is 42.7 Å². The molecule has 0 saturated carbocycles. The van der Waals surface area contributed by atoms with Crippen LogP contribution >= 0.6 is 0 Å². The van der Waals surface area contributed by atoms with Gasteiger partial charge in [-0.2, -0.15) is 13.2 Å². The Kier molecular flexibility index (Phi) is 3.80. The number of nitrogens with two attached hydrogens (primary N) is 1. The average Bonchev–Trinajstić information content (AvgIpc) is 2.39. The summed E-state index contributed by atoms with van der Waals surface area (Å²) >= 11 is 0. The summed E-state index contributed by atoms with van der Waals surface area (Å²) in [6, 6.07) is 6.25. The van der Waals surface area contributed by atoms with E-state index in [1.165, 1.54) is 6.07 Å². The van der Waals surface area contributed by atoms with Crippen LogP contribution in [0.25, 0.3) is 0 Å². The van der Waals surface area contributed by atoms with Crippen molar-refractivity contribution in [1.82, 2.24) is 9.97 Å². The molecule has 1 aromatic heterocycles. The van der Waals surface area contributed by atoms with E-state index in [4.69, 9.17) is 5.73 Å². The minimum absolute atomic E-state index is 0.258. The lowest BCUT2D eigenvalue weighted by Crippen LogP contribution is -2.16. The molecule has 0 bridgehead atoms. The largest absolute Gasteiger partial charge is 0.416 e. The van der Waals surface area contributed by atoms with Crippen LogP contribution in [-0.4, -0.2) is 9.97 Å². The Morgan fingerprint density at radius 1 is 1.11 bits per heavy atom. The number of hydrogen-bond acceptors (Lipinski definition) is 3. The third-order valence-electron chi connectivity index (χ3n) is 2.63. The smallest absolute Gasteiger partial charge is 0.321 e. The zero-order valence-electron chi connectivity index (χ0n) is 9.93. The first-order valence-corrected chi connectivity index (χ1v) is 5.65. The van der Waals surface area contributed by atoms with Crippen LogP contribution in [0, 0.1) is 0 Å². The fourth-order valence-electron chi connectivity index (χ4n) is 1.72. The van der Waals surface area contributed by atoms with E-state index in [1.54, 1.807) is 24.5 Å². The Morgan fingerprint density at radius 3 is 2.42 bits per heavy atom. The van der Waals surface area contributed by atoms with Crippen molar-refractivity contribution >= 4 is 0 Å². The topological polar surface area (TPSA) is 51.8 Å². The lowest BCUT2D eigenvalue weighted by Gasteiger charge is -2.12. The molecule has 2 aromatic rings. The van der Waals surface area contributed by atoms with Crippen LogP contribution in [0.3, 0.4) is 0 Å². The van der Waals surface area contributed by atoms with Crippen molar-refractivity contribution in [2.24, 2.45) is 5.73 Å². The number of hydrogen-bond donors (Lipinski definition) is 1. The third-order valence-corrected chi connectivity index (χ3v) is 2.63. The molecule has 0 aliphatic rings. The molecule has 0 spiro atoms. The summed E-state index contributed by atoms with van der Waals surface area (Å²) in [5.41, 5.74) is 5.71. The first kappa shape index (κ1) is 13.5. The second-order valence-electron chi connectivity index (χ2n) is 4.12. The summed E-state index contributed by atoms with van der Waals surface area (Å²) < 4.78 is 37.7. The predicted octanol–water partition coefficient (Wildman–Crippen LogP) is 2.74. The van der Waals surface area contributed by atoms with Gasteiger partial charge >= 0.3 is 6.18 Å². The monoisotopic (exact) mass is 267 g/mol. The first-order chi connectivity index (χ1) is 8.97. The zero-order chi connectivity index (χ0) is 13.9. The van der Waals surface area contributed by atoms with E-state index < -0.39 is 17.8 Å². The van der Waals surface area contributed by atoms with Crippen LogP contribution in [0.4, 0.5) is 13.2 Å². The van der Waals surface area contributed by atoms with Gasteiger partial charge in [0.1, 0.15) is 5.82 Å². The highest BCUT2D eigenvalue weighted by Gasteiger charge is 2.30. The standard InChI is InChI=1S/C13H12F3N3/c14-13(15,16)10-4-1-3-9(7-10)8-11(17)12-18-5-2-6-19-12/h1-7,11H,8,17H2. The van der Waals surface area contributed by atoms with E-state index in [0.717, 1.165) is 12.1 Å². The van der Waals surface area contributed by atoms with Crippen molar-refractivity contribution in [3.05, 3.63) is 59.7 Å². The quantitative estimate of drug-likeness (QED) is 0.930. The molecule has 1 atom stereocenters. The SMILES string of the molecule is NC(Cc1cccc(C(F)(F)F)c1)c1ncccn1. The van der Waals surface area contributed by atoms with Crippen LogP contribution in [0.1, 0.15) is 23.0 Å². The molecule has 0 aliphatic heterocycles. The molecule has 3 nitrogen and oxygen atoms in total. The lowest BCUT2D eigenvalue weighted by atomic mass is 10.0. The van der Waals surface area contributed by atoms with Gasteiger partial charge in [-0.1, -0.05) is 18.2 Å². The molecular formula is C13H12F3N3. The maximum Gasteiger partial charge on any atom is 0.416 e. The van der Waals surface area contributed by atoms with Gasteiger partial charge < -0.3 is 5.73 Å². The minimum Gasteiger partial charge on any atom is -0.321 e. The van der Waals surface area contributed by atoms with Gasteiger partial charge in [0, 0.05) is 12.4 Å². The number of alkyl halides is 3. The highest BCUT2D eigenvalue weighted by atomic mass is 19.4. The molecule has 2 N–H and O–H groups in total. The molecule has 1 unspecified atom stereocenters. The molecule has 1 aromatic carbocycles. The van der Waals surface area contributed by atoms with Crippen molar-refractivity contribution in [3.8, 4) is 0 Å². The second kappa shape index (κ2) is 5.36. The highest BCUT2D eigenvalue weighted by molar-refractivity contribution is 5.26. The van der Waals surface area contributed by atoms with E-state index in [-0.39, 0.29) is 6.42 Å². The lowest BCUT2D eigenvalue weighted by molar-refractivity contribution is -0.137. The maximum absolute atomic E-state index is 12.6. The van der Waals surface area contributed by atoms with Gasteiger partial charge in [0.15, 0.2) is 0 Å². The van der Waals surface area contributed by atoms with Crippen molar-refractivity contribution in [1.29, 1.82) is 0 Å². The van der Waals surface area contributed by atoms with Crippen molar-refractivity contribution < 1.29 is 13.2 Å². The first-order valence-electron chi connectivity index (χ1n) is 5.65. The number of nitrogens with zero attached hydrogens (tertiary/aromatic N) is 2. The van der Waals surface area contributed by atoms with E-state index in [9.17, 15) is 13.2 Å². The fourth-order valence-corrected chi connectivity index (χ4v) is 1.72. The van der Waals surface area contributed by atoms with Crippen LogP contribution in [0.2, 0.25) is 0 Å². The van der Waals surface area contributed by atoms with Gasteiger partial charge in [0.05, 0.1) is 11.6 Å². The van der Waals surface area contributed by atoms with E-state index in [0.29, 0.717) is 11.4 Å². The van der Waals surface area contributed by atoms with Gasteiger partial charge in [-0.3, -0.25) is 0 Å².